The molecule has 3 aliphatic heterocycles. The molecule has 0 N–H and O–H groups in total. The summed E-state index contributed by atoms with van der Waals surface area (Å²) in [5.41, 5.74) is 1.26. The van der Waals surface area contributed by atoms with Gasteiger partial charge in [-0.3, -0.25) is 4.90 Å². The number of pyridine rings is 1. The number of nitrogens with zero attached hydrogens (tertiary/aromatic N) is 5. The summed E-state index contributed by atoms with van der Waals surface area (Å²) in [6.07, 6.45) is 6.97. The van der Waals surface area contributed by atoms with Crippen molar-refractivity contribution >= 4 is 17.6 Å². The Morgan fingerprint density at radius 2 is 2.00 bits per heavy atom. The first-order chi connectivity index (χ1) is 11.8. The summed E-state index contributed by atoms with van der Waals surface area (Å²) in [4.78, 5) is 18.1. The van der Waals surface area contributed by atoms with Gasteiger partial charge in [0.15, 0.2) is 5.16 Å². The Balaban J connectivity index is 1.43. The third kappa shape index (κ3) is 2.93. The zero-order valence-corrected chi connectivity index (χ0v) is 14.7. The molecule has 3 saturated heterocycles. The highest BCUT2D eigenvalue weighted by atomic mass is 32.2. The van der Waals surface area contributed by atoms with Gasteiger partial charge in [-0.05, 0) is 30.4 Å². The lowest BCUT2D eigenvalue weighted by Gasteiger charge is -2.56. The number of hydrogen-bond donors (Lipinski definition) is 0. The summed E-state index contributed by atoms with van der Waals surface area (Å²) >= 11 is 1.59. The number of piperidine rings is 1. The minimum absolute atomic E-state index is 0.593. The molecular weight excluding hydrogens is 322 g/mol. The van der Waals surface area contributed by atoms with E-state index in [0.717, 1.165) is 30.6 Å². The number of aromatic nitrogens is 3. The Morgan fingerprint density at radius 1 is 1.21 bits per heavy atom. The minimum atomic E-state index is 0.593. The molecule has 24 heavy (non-hydrogen) atoms. The van der Waals surface area contributed by atoms with E-state index in [0.29, 0.717) is 18.0 Å². The topological polar surface area (TPSA) is 54.4 Å². The second-order valence-electron chi connectivity index (χ2n) is 6.23. The lowest BCUT2D eigenvalue weighted by molar-refractivity contribution is -0.00878. The first kappa shape index (κ1) is 15.7. The maximum atomic E-state index is 5.22. The molecule has 0 amide bonds. The van der Waals surface area contributed by atoms with E-state index >= 15 is 0 Å². The molecule has 5 heterocycles. The summed E-state index contributed by atoms with van der Waals surface area (Å²) in [6, 6.07) is 7.30. The first-order valence-corrected chi connectivity index (χ1v) is 9.36. The number of piperazine rings is 1. The Hall–Kier alpha value is -1.86. The van der Waals surface area contributed by atoms with Gasteiger partial charge in [0, 0.05) is 50.2 Å². The fourth-order valence-corrected chi connectivity index (χ4v) is 3.96. The Kier molecular flexibility index (Phi) is 4.28. The van der Waals surface area contributed by atoms with Crippen molar-refractivity contribution in [1.29, 1.82) is 0 Å². The number of fused-ring (bicyclic) bond motifs is 2. The van der Waals surface area contributed by atoms with Crippen LogP contribution in [-0.2, 0) is 6.54 Å². The number of ether oxygens (including phenoxy) is 1. The monoisotopic (exact) mass is 343 g/mol. The highest BCUT2D eigenvalue weighted by molar-refractivity contribution is 7.98. The zero-order valence-electron chi connectivity index (χ0n) is 13.9. The smallest absolute Gasteiger partial charge is 0.213 e. The molecule has 2 bridgehead atoms. The first-order valence-electron chi connectivity index (χ1n) is 8.13. The van der Waals surface area contributed by atoms with Crippen molar-refractivity contribution in [2.75, 3.05) is 31.4 Å². The van der Waals surface area contributed by atoms with E-state index in [4.69, 9.17) is 4.74 Å². The lowest BCUT2D eigenvalue weighted by atomic mass is 9.87. The molecule has 5 rings (SSSR count). The van der Waals surface area contributed by atoms with Crippen LogP contribution in [0.15, 0.2) is 35.7 Å². The van der Waals surface area contributed by atoms with Gasteiger partial charge < -0.3 is 9.64 Å². The van der Waals surface area contributed by atoms with Gasteiger partial charge in [-0.1, -0.05) is 11.8 Å². The van der Waals surface area contributed by atoms with Gasteiger partial charge in [0.1, 0.15) is 5.82 Å². The van der Waals surface area contributed by atoms with Crippen molar-refractivity contribution in [3.63, 3.8) is 0 Å². The predicted octanol–water partition coefficient (Wildman–Crippen LogP) is 2.07. The van der Waals surface area contributed by atoms with Crippen LogP contribution in [0.25, 0.3) is 0 Å². The second-order valence-corrected chi connectivity index (χ2v) is 7.00. The number of thioether (sulfide) groups is 1. The molecule has 0 saturated carbocycles. The van der Waals surface area contributed by atoms with E-state index in [1.54, 1.807) is 18.9 Å². The molecule has 2 unspecified atom stereocenters. The van der Waals surface area contributed by atoms with Gasteiger partial charge in [-0.2, -0.15) is 0 Å². The highest BCUT2D eigenvalue weighted by Gasteiger charge is 2.44. The summed E-state index contributed by atoms with van der Waals surface area (Å²) in [7, 11) is 1.66. The van der Waals surface area contributed by atoms with Gasteiger partial charge in [-0.15, -0.1) is 0 Å². The third-order valence-electron chi connectivity index (χ3n) is 4.84. The van der Waals surface area contributed by atoms with Gasteiger partial charge in [0.25, 0.3) is 0 Å². The van der Waals surface area contributed by atoms with Crippen molar-refractivity contribution in [2.24, 2.45) is 0 Å². The number of methoxy groups -OCH3 is 1. The Morgan fingerprint density at radius 3 is 2.75 bits per heavy atom. The number of rotatable bonds is 5. The second kappa shape index (κ2) is 6.57. The lowest BCUT2D eigenvalue weighted by Crippen LogP contribution is -2.68. The number of hydrogen-bond acceptors (Lipinski definition) is 7. The van der Waals surface area contributed by atoms with E-state index in [1.807, 2.05) is 30.8 Å². The molecule has 2 atom stereocenters. The van der Waals surface area contributed by atoms with Gasteiger partial charge in [-0.25, -0.2) is 15.0 Å². The van der Waals surface area contributed by atoms with Crippen molar-refractivity contribution < 1.29 is 4.74 Å². The summed E-state index contributed by atoms with van der Waals surface area (Å²) in [5, 5.41) is 0.840. The van der Waals surface area contributed by atoms with Crippen molar-refractivity contribution in [3.05, 3.63) is 36.2 Å². The minimum Gasteiger partial charge on any atom is -0.481 e. The quantitative estimate of drug-likeness (QED) is 0.608. The molecule has 2 aromatic heterocycles. The molecule has 7 heteroatoms. The molecule has 0 spiro atoms. The molecular formula is C17H21N5OS. The standard InChI is InChI=1S/C17H21N5OS/c1-23-16-7-12(3-5-18-16)9-22-13-8-14(22)11-21(10-13)15-4-6-19-17(20-15)24-2/h3-7,13-14H,8-11H2,1-2H3. The zero-order chi connectivity index (χ0) is 16.5. The van der Waals surface area contributed by atoms with Crippen LogP contribution in [0.1, 0.15) is 12.0 Å². The molecule has 6 nitrogen and oxygen atoms in total. The average Bonchev–Trinajstić information content (AvgIpc) is 2.66. The van der Waals surface area contributed by atoms with E-state index in [-0.39, 0.29) is 0 Å². The summed E-state index contributed by atoms with van der Waals surface area (Å²) in [6.45, 7) is 3.02. The molecule has 3 aliphatic rings. The molecule has 2 aromatic rings. The fraction of sp³-hybridized carbons (Fsp3) is 0.471. The van der Waals surface area contributed by atoms with E-state index < -0.39 is 0 Å². The van der Waals surface area contributed by atoms with Crippen LogP contribution in [-0.4, -0.2) is 58.4 Å². The molecule has 0 aliphatic carbocycles. The van der Waals surface area contributed by atoms with E-state index in [9.17, 15) is 0 Å². The van der Waals surface area contributed by atoms with Crippen LogP contribution in [0, 0.1) is 0 Å². The third-order valence-corrected chi connectivity index (χ3v) is 5.41. The van der Waals surface area contributed by atoms with Gasteiger partial charge >= 0.3 is 0 Å². The Bertz CT molecular complexity index is 716. The van der Waals surface area contributed by atoms with E-state index in [2.05, 4.69) is 30.8 Å². The van der Waals surface area contributed by atoms with Crippen LogP contribution < -0.4 is 9.64 Å². The van der Waals surface area contributed by atoms with Crippen molar-refractivity contribution in [3.8, 4) is 5.88 Å². The van der Waals surface area contributed by atoms with Crippen LogP contribution in [0.3, 0.4) is 0 Å². The van der Waals surface area contributed by atoms with Crippen molar-refractivity contribution in [2.45, 2.75) is 30.2 Å². The van der Waals surface area contributed by atoms with E-state index in [1.165, 1.54) is 12.0 Å². The number of anilines is 1. The fourth-order valence-electron chi connectivity index (χ4n) is 3.61. The largest absolute Gasteiger partial charge is 0.481 e. The average molecular weight is 343 g/mol. The van der Waals surface area contributed by atoms with Crippen LogP contribution in [0.5, 0.6) is 5.88 Å². The predicted molar refractivity (Wildman–Crippen MR) is 94.6 cm³/mol. The maximum absolute atomic E-state index is 5.22. The molecule has 3 fully saturated rings. The van der Waals surface area contributed by atoms with Crippen LogP contribution in [0.2, 0.25) is 0 Å². The highest BCUT2D eigenvalue weighted by Crippen LogP contribution is 2.35. The van der Waals surface area contributed by atoms with Gasteiger partial charge in [0.05, 0.1) is 7.11 Å². The SMILES string of the molecule is COc1cc(CN2C3CC2CN(c2ccnc(SC)n2)C3)ccn1. The van der Waals surface area contributed by atoms with Gasteiger partial charge in [0.2, 0.25) is 5.88 Å². The molecule has 0 aromatic carbocycles. The summed E-state index contributed by atoms with van der Waals surface area (Å²) < 4.78 is 5.22. The maximum Gasteiger partial charge on any atom is 0.213 e. The summed E-state index contributed by atoms with van der Waals surface area (Å²) in [5.74, 6) is 1.74. The van der Waals surface area contributed by atoms with Crippen LogP contribution in [0.4, 0.5) is 5.82 Å². The molecule has 0 radical (unpaired) electrons. The van der Waals surface area contributed by atoms with Crippen LogP contribution >= 0.6 is 11.8 Å². The normalized spacial score (nSPS) is 23.0. The van der Waals surface area contributed by atoms with Crippen molar-refractivity contribution in [1.82, 2.24) is 19.9 Å². The Labute approximate surface area is 146 Å². The molecule has 126 valence electrons.